The molecule has 0 nitrogen and oxygen atoms in total. The van der Waals surface area contributed by atoms with Crippen molar-refractivity contribution in [2.45, 2.75) is 0 Å². The van der Waals surface area contributed by atoms with Gasteiger partial charge in [-0.25, -0.2) is 105 Å². The molecule has 74 heavy (non-hydrogen) atoms. The van der Waals surface area contributed by atoms with Crippen LogP contribution < -0.4 is 43.7 Å². The molecule has 0 aliphatic heterocycles. The normalized spacial score (nSPS) is 11.8. The van der Waals surface area contributed by atoms with E-state index in [4.69, 9.17) is 0 Å². The van der Waals surface area contributed by atoms with Crippen molar-refractivity contribution in [3.05, 3.63) is 237 Å². The molecule has 0 atom stereocenters. The molecule has 8 aromatic rings. The summed E-state index contributed by atoms with van der Waals surface area (Å²) in [7, 11) is 0. The van der Waals surface area contributed by atoms with E-state index in [0.29, 0.717) is 24.3 Å². The summed E-state index contributed by atoms with van der Waals surface area (Å²) in [5.74, 6) is -53.3. The van der Waals surface area contributed by atoms with Gasteiger partial charge in [0.15, 0.2) is 69.8 Å². The maximum absolute atomic E-state index is 15.3. The first-order valence-corrected chi connectivity index (χ1v) is 20.1. The Morgan fingerprint density at radius 2 is 0.324 bits per heavy atom. The molecule has 0 saturated carbocycles. The van der Waals surface area contributed by atoms with Crippen LogP contribution >= 0.6 is 0 Å². The van der Waals surface area contributed by atoms with E-state index in [9.17, 15) is 87.8 Å². The highest BCUT2D eigenvalue weighted by Gasteiger charge is 2.45. The Morgan fingerprint density at radius 3 is 0.486 bits per heavy atom. The molecule has 0 unspecified atom stereocenters. The van der Waals surface area contributed by atoms with E-state index < -0.39 is 198 Å². The van der Waals surface area contributed by atoms with E-state index in [1.807, 2.05) is 0 Å². The van der Waals surface area contributed by atoms with Gasteiger partial charge in [0.05, 0.1) is 0 Å². The van der Waals surface area contributed by atoms with E-state index in [1.54, 1.807) is 0 Å². The van der Waals surface area contributed by atoms with Crippen LogP contribution in [0.2, 0.25) is 0 Å². The van der Waals surface area contributed by atoms with Crippen LogP contribution in [0.15, 0.2) is 97.1 Å². The van der Waals surface area contributed by atoms with Gasteiger partial charge in [0, 0.05) is 24.3 Å². The molecule has 0 aliphatic carbocycles. The highest BCUT2D eigenvalue weighted by molar-refractivity contribution is 7.20. The molecule has 0 aromatic heterocycles. The highest BCUT2D eigenvalue weighted by atomic mass is 19.2. The highest BCUT2D eigenvalue weighted by Crippen LogP contribution is 2.27. The minimum Gasteiger partial charge on any atom is -0.207 e. The number of halogens is 24. The van der Waals surface area contributed by atoms with Crippen molar-refractivity contribution in [2.75, 3.05) is 0 Å². The maximum Gasteiger partial charge on any atom is 0.197 e. The quantitative estimate of drug-likeness (QED) is 0.0617. The molecular formula is C48H16B2F24-2. The van der Waals surface area contributed by atoms with Crippen LogP contribution in [0.4, 0.5) is 105 Å². The van der Waals surface area contributed by atoms with Crippen LogP contribution in [-0.4, -0.2) is 12.3 Å². The molecule has 0 N–H and O–H groups in total. The Bertz CT molecular complexity index is 3050. The number of hydrogen-bond acceptors (Lipinski definition) is 0. The van der Waals surface area contributed by atoms with E-state index in [1.165, 1.54) is 0 Å². The molecule has 0 radical (unpaired) electrons. The van der Waals surface area contributed by atoms with E-state index in [-0.39, 0.29) is 21.9 Å². The minimum absolute atomic E-state index is 0.354. The summed E-state index contributed by atoms with van der Waals surface area (Å²) in [6, 6.07) is 5.75. The zero-order chi connectivity index (χ0) is 54.8. The molecule has 0 aliphatic rings. The third-order valence-corrected chi connectivity index (χ3v) is 11.9. The molecule has 0 amide bonds. The van der Waals surface area contributed by atoms with Gasteiger partial charge in [-0.05, 0) is 0 Å². The molecule has 384 valence electrons. The van der Waals surface area contributed by atoms with Crippen molar-refractivity contribution >= 4 is 56.0 Å². The molecular weight excluding hydrogens is 1050 g/mol. The monoisotopic (exact) mass is 1070 g/mol. The van der Waals surface area contributed by atoms with E-state index in [2.05, 4.69) is 0 Å². The molecule has 0 spiro atoms. The smallest absolute Gasteiger partial charge is 0.197 e. The Hall–Kier alpha value is -7.79. The van der Waals surface area contributed by atoms with Gasteiger partial charge < -0.3 is 0 Å². The zero-order valence-electron chi connectivity index (χ0n) is 35.5. The zero-order valence-corrected chi connectivity index (χ0v) is 35.5. The second-order valence-electron chi connectivity index (χ2n) is 16.1. The van der Waals surface area contributed by atoms with Crippen molar-refractivity contribution in [1.82, 2.24) is 0 Å². The summed E-state index contributed by atoms with van der Waals surface area (Å²) < 4.78 is 346. The molecule has 8 aromatic carbocycles. The third-order valence-electron chi connectivity index (χ3n) is 11.9. The summed E-state index contributed by atoms with van der Waals surface area (Å²) >= 11 is 0. The molecule has 0 bridgehead atoms. The summed E-state index contributed by atoms with van der Waals surface area (Å²) in [5.41, 5.74) is -10.5. The van der Waals surface area contributed by atoms with Gasteiger partial charge in [0.25, 0.3) is 0 Å². The summed E-state index contributed by atoms with van der Waals surface area (Å²) in [6.07, 6.45) is -8.90. The molecule has 26 heteroatoms. The Kier molecular flexibility index (Phi) is 14.5. The molecule has 0 heterocycles. The summed E-state index contributed by atoms with van der Waals surface area (Å²) in [6.45, 7) is 0. The van der Waals surface area contributed by atoms with Crippen LogP contribution in [0.1, 0.15) is 0 Å². The molecule has 0 saturated heterocycles. The number of rotatable bonds is 8. The van der Waals surface area contributed by atoms with Crippen LogP contribution in [0.3, 0.4) is 0 Å². The second kappa shape index (κ2) is 19.9. The van der Waals surface area contributed by atoms with E-state index >= 15 is 17.6 Å². The first-order valence-electron chi connectivity index (χ1n) is 20.1. The lowest BCUT2D eigenvalue weighted by atomic mass is 9.12. The first-order chi connectivity index (χ1) is 34.6. The standard InChI is InChI=1S/C24H4BF16.C24H12BF8/c26-9-1-5(13(30)21(38)17(9)34)25(6-2-10(27)18(35)22(39)14(6)31,7-3-11(28)19(36)23(40)15(7)32)8-4-12(29)20(37)24(41)16(8)33;26-17-1-13(2-18(27)9-17)25(14-3-19(28)10-20(29)4-14,15-5-21(30)11-22(31)6-15)16-7-23(32)12-24(33)8-16/h1-4H;1-12H/q2*-1. The summed E-state index contributed by atoms with van der Waals surface area (Å²) in [5, 5.41) is 0. The largest absolute Gasteiger partial charge is 0.207 e. The van der Waals surface area contributed by atoms with Gasteiger partial charge in [0.2, 0.25) is 0 Å². The lowest BCUT2D eigenvalue weighted by Crippen LogP contribution is -2.78. The van der Waals surface area contributed by atoms with Crippen molar-refractivity contribution in [3.8, 4) is 0 Å². The van der Waals surface area contributed by atoms with Gasteiger partial charge in [-0.2, -0.15) is 43.7 Å². The van der Waals surface area contributed by atoms with Gasteiger partial charge in [-0.3, -0.25) is 0 Å². The van der Waals surface area contributed by atoms with Crippen LogP contribution in [0.5, 0.6) is 0 Å². The fourth-order valence-electron chi connectivity index (χ4n) is 9.09. The Balaban J connectivity index is 0.000000221. The van der Waals surface area contributed by atoms with Crippen molar-refractivity contribution in [1.29, 1.82) is 0 Å². The van der Waals surface area contributed by atoms with Crippen molar-refractivity contribution in [2.24, 2.45) is 0 Å². The Morgan fingerprint density at radius 1 is 0.162 bits per heavy atom. The van der Waals surface area contributed by atoms with Crippen LogP contribution in [-0.2, 0) is 0 Å². The number of hydrogen-bond donors (Lipinski definition) is 0. The van der Waals surface area contributed by atoms with Gasteiger partial charge in [-0.1, -0.05) is 72.8 Å². The predicted molar refractivity (Wildman–Crippen MR) is 219 cm³/mol. The topological polar surface area (TPSA) is 0 Å². The number of benzene rings is 8. The Labute approximate surface area is 397 Å². The van der Waals surface area contributed by atoms with Crippen LogP contribution in [0, 0.1) is 140 Å². The van der Waals surface area contributed by atoms with Gasteiger partial charge in [-0.15, -0.1) is 0 Å². The third kappa shape index (κ3) is 9.07. The molecule has 0 fully saturated rings. The average molecular weight is 1070 g/mol. The fourth-order valence-corrected chi connectivity index (χ4v) is 9.09. The lowest BCUT2D eigenvalue weighted by Gasteiger charge is -2.44. The second-order valence-corrected chi connectivity index (χ2v) is 16.1. The fraction of sp³-hybridized carbons (Fsp3) is 0. The van der Waals surface area contributed by atoms with Gasteiger partial charge >= 0.3 is 0 Å². The van der Waals surface area contributed by atoms with Crippen molar-refractivity contribution in [3.63, 3.8) is 0 Å². The van der Waals surface area contributed by atoms with Crippen molar-refractivity contribution < 1.29 is 105 Å². The SMILES string of the molecule is Fc1cc(F)cc([B-](c2cc(F)cc(F)c2)(c2cc(F)cc(F)c2)c2cc(F)cc(F)c2)c1.Fc1cc([B-](c2cc(F)c(F)c(F)c2F)(c2cc(F)c(F)c(F)c2F)c2cc(F)c(F)c(F)c2F)c(F)c(F)c1F. The van der Waals surface area contributed by atoms with Gasteiger partial charge in [0.1, 0.15) is 82.1 Å². The maximum atomic E-state index is 15.3. The summed E-state index contributed by atoms with van der Waals surface area (Å²) in [4.78, 5) is 0. The average Bonchev–Trinajstić information content (AvgIpc) is 3.31. The first kappa shape index (κ1) is 54.0. The van der Waals surface area contributed by atoms with Crippen LogP contribution in [0.25, 0.3) is 0 Å². The minimum atomic E-state index is -5.62. The van der Waals surface area contributed by atoms with E-state index in [0.717, 1.165) is 48.5 Å². The lowest BCUT2D eigenvalue weighted by molar-refractivity contribution is 0.408. The molecule has 8 rings (SSSR count). The predicted octanol–water partition coefficient (Wildman–Crippen LogP) is 9.47.